The quantitative estimate of drug-likeness (QED) is 0.555. The first-order chi connectivity index (χ1) is 7.68. The van der Waals surface area contributed by atoms with Crippen molar-refractivity contribution < 1.29 is 14.7 Å². The Labute approximate surface area is 102 Å². The molecule has 0 aliphatic carbocycles. The Morgan fingerprint density at radius 2 is 1.94 bits per heavy atom. The molecule has 100 valence electrons. The molecular weight excluding hydrogens is 222 g/mol. The van der Waals surface area contributed by atoms with E-state index in [9.17, 15) is 9.59 Å². The fraction of sp³-hybridized carbons (Fsp3) is 0.818. The number of aliphatic hydroxyl groups excluding tert-OH is 1. The molecule has 0 aliphatic heterocycles. The van der Waals surface area contributed by atoms with Gasteiger partial charge in [-0.3, -0.25) is 9.59 Å². The number of likely N-dealkylation sites (N-methyl/N-ethyl adjacent to an activating group) is 1. The van der Waals surface area contributed by atoms with Gasteiger partial charge < -0.3 is 21.1 Å². The van der Waals surface area contributed by atoms with Gasteiger partial charge in [0, 0.05) is 18.5 Å². The largest absolute Gasteiger partial charge is 0.395 e. The molecule has 2 amide bonds. The van der Waals surface area contributed by atoms with E-state index in [-0.39, 0.29) is 19.1 Å². The van der Waals surface area contributed by atoms with Crippen LogP contribution >= 0.6 is 0 Å². The van der Waals surface area contributed by atoms with Crippen molar-refractivity contribution in [1.82, 2.24) is 10.2 Å². The van der Waals surface area contributed by atoms with Crippen molar-refractivity contribution in [3.05, 3.63) is 0 Å². The van der Waals surface area contributed by atoms with E-state index >= 15 is 0 Å². The van der Waals surface area contributed by atoms with Crippen molar-refractivity contribution in [3.8, 4) is 0 Å². The molecule has 6 heteroatoms. The van der Waals surface area contributed by atoms with E-state index in [1.165, 1.54) is 0 Å². The van der Waals surface area contributed by atoms with Crippen LogP contribution < -0.4 is 11.1 Å². The van der Waals surface area contributed by atoms with Gasteiger partial charge in [0.1, 0.15) is 6.04 Å². The lowest BCUT2D eigenvalue weighted by molar-refractivity contribution is -0.132. The Kier molecular flexibility index (Phi) is 6.12. The molecule has 1 unspecified atom stereocenters. The maximum atomic E-state index is 11.7. The summed E-state index contributed by atoms with van der Waals surface area (Å²) in [6.07, 6.45) is 0. The second-order valence-corrected chi connectivity index (χ2v) is 5.16. The predicted octanol–water partition coefficient (Wildman–Crippen LogP) is -1.07. The molecule has 0 aliphatic rings. The summed E-state index contributed by atoms with van der Waals surface area (Å²) in [5, 5.41) is 11.4. The fourth-order valence-electron chi connectivity index (χ4n) is 1.16. The Balaban J connectivity index is 4.45. The van der Waals surface area contributed by atoms with Crippen molar-refractivity contribution in [3.63, 3.8) is 0 Å². The van der Waals surface area contributed by atoms with Crippen LogP contribution in [0.15, 0.2) is 0 Å². The zero-order valence-corrected chi connectivity index (χ0v) is 11.0. The van der Waals surface area contributed by atoms with Crippen LogP contribution in [0.5, 0.6) is 0 Å². The van der Waals surface area contributed by atoms with Gasteiger partial charge in [0.05, 0.1) is 6.61 Å². The number of primary amides is 1. The molecule has 0 aromatic rings. The minimum atomic E-state index is -0.738. The van der Waals surface area contributed by atoms with E-state index in [1.807, 2.05) is 0 Å². The standard InChI is InChI=1S/C11H23N3O3/c1-11(2,3)10(17)13-8(9(12)16)7-14(4)5-6-15/h8,15H,5-7H2,1-4H3,(H2,12,16)(H,13,17). The maximum absolute atomic E-state index is 11.7. The molecule has 0 radical (unpaired) electrons. The monoisotopic (exact) mass is 245 g/mol. The Morgan fingerprint density at radius 1 is 1.41 bits per heavy atom. The smallest absolute Gasteiger partial charge is 0.241 e. The number of nitrogens with zero attached hydrogens (tertiary/aromatic N) is 1. The van der Waals surface area contributed by atoms with Crippen molar-refractivity contribution in [2.24, 2.45) is 11.1 Å². The fourth-order valence-corrected chi connectivity index (χ4v) is 1.16. The van der Waals surface area contributed by atoms with Gasteiger partial charge >= 0.3 is 0 Å². The van der Waals surface area contributed by atoms with Crippen molar-refractivity contribution >= 4 is 11.8 Å². The molecule has 0 aromatic heterocycles. The minimum absolute atomic E-state index is 0.00476. The minimum Gasteiger partial charge on any atom is -0.395 e. The van der Waals surface area contributed by atoms with Gasteiger partial charge in [0.25, 0.3) is 0 Å². The Bertz CT molecular complexity index is 274. The number of hydrogen-bond donors (Lipinski definition) is 3. The highest BCUT2D eigenvalue weighted by Gasteiger charge is 2.26. The third-order valence-corrected chi connectivity index (χ3v) is 2.31. The lowest BCUT2D eigenvalue weighted by atomic mass is 9.95. The number of hydrogen-bond acceptors (Lipinski definition) is 4. The second kappa shape index (κ2) is 6.56. The summed E-state index contributed by atoms with van der Waals surface area (Å²) in [6.45, 7) is 6.00. The van der Waals surface area contributed by atoms with Crippen molar-refractivity contribution in [2.45, 2.75) is 26.8 Å². The summed E-state index contributed by atoms with van der Waals surface area (Å²) in [7, 11) is 1.75. The predicted molar refractivity (Wildman–Crippen MR) is 65.2 cm³/mol. The third kappa shape index (κ3) is 6.23. The van der Waals surface area contributed by atoms with Crippen LogP contribution in [0.25, 0.3) is 0 Å². The first-order valence-corrected chi connectivity index (χ1v) is 5.58. The molecule has 1 atom stereocenters. The molecule has 0 bridgehead atoms. The van der Waals surface area contributed by atoms with Gasteiger partial charge in [0.2, 0.25) is 11.8 Å². The second-order valence-electron chi connectivity index (χ2n) is 5.16. The summed E-state index contributed by atoms with van der Waals surface area (Å²) >= 11 is 0. The number of aliphatic hydroxyl groups is 1. The van der Waals surface area contributed by atoms with Gasteiger partial charge in [0.15, 0.2) is 0 Å². The summed E-state index contributed by atoms with van der Waals surface area (Å²) in [5.41, 5.74) is 4.66. The van der Waals surface area contributed by atoms with Crippen molar-refractivity contribution in [1.29, 1.82) is 0 Å². The molecule has 0 saturated heterocycles. The number of rotatable bonds is 6. The molecule has 4 N–H and O–H groups in total. The van der Waals surface area contributed by atoms with Crippen LogP contribution in [0.3, 0.4) is 0 Å². The van der Waals surface area contributed by atoms with E-state index in [0.29, 0.717) is 6.54 Å². The SMILES string of the molecule is CN(CCO)CC(NC(=O)C(C)(C)C)C(N)=O. The normalized spacial score (nSPS) is 13.5. The van der Waals surface area contributed by atoms with Gasteiger partial charge in [-0.15, -0.1) is 0 Å². The summed E-state index contributed by atoms with van der Waals surface area (Å²) in [4.78, 5) is 24.7. The van der Waals surface area contributed by atoms with Crippen LogP contribution in [0, 0.1) is 5.41 Å². The van der Waals surface area contributed by atoms with Gasteiger partial charge in [-0.25, -0.2) is 0 Å². The Morgan fingerprint density at radius 3 is 2.29 bits per heavy atom. The molecule has 0 aromatic carbocycles. The zero-order chi connectivity index (χ0) is 13.6. The van der Waals surface area contributed by atoms with Crippen LogP contribution in [-0.4, -0.2) is 54.6 Å². The molecule has 17 heavy (non-hydrogen) atoms. The highest BCUT2D eigenvalue weighted by atomic mass is 16.3. The first kappa shape index (κ1) is 15.9. The Hall–Kier alpha value is -1.14. The van der Waals surface area contributed by atoms with Gasteiger partial charge in [-0.1, -0.05) is 20.8 Å². The summed E-state index contributed by atoms with van der Waals surface area (Å²) in [5.74, 6) is -0.800. The number of nitrogens with two attached hydrogens (primary N) is 1. The summed E-state index contributed by atoms with van der Waals surface area (Å²) < 4.78 is 0. The molecule has 0 spiro atoms. The average Bonchev–Trinajstić information content (AvgIpc) is 2.15. The number of carbonyl (C=O) groups excluding carboxylic acids is 2. The van der Waals surface area contributed by atoms with E-state index in [2.05, 4.69) is 5.32 Å². The zero-order valence-electron chi connectivity index (χ0n) is 11.0. The molecule has 6 nitrogen and oxygen atoms in total. The molecule has 0 heterocycles. The highest BCUT2D eigenvalue weighted by Crippen LogP contribution is 2.12. The lowest BCUT2D eigenvalue weighted by Gasteiger charge is -2.25. The number of nitrogens with one attached hydrogen (secondary N) is 1. The molecular formula is C11H23N3O3. The number of amides is 2. The third-order valence-electron chi connectivity index (χ3n) is 2.31. The van der Waals surface area contributed by atoms with E-state index < -0.39 is 17.4 Å². The van der Waals surface area contributed by atoms with Crippen molar-refractivity contribution in [2.75, 3.05) is 26.7 Å². The van der Waals surface area contributed by atoms with E-state index in [0.717, 1.165) is 0 Å². The average molecular weight is 245 g/mol. The van der Waals surface area contributed by atoms with Gasteiger partial charge in [-0.05, 0) is 7.05 Å². The number of carbonyl (C=O) groups is 2. The molecule has 0 fully saturated rings. The molecule has 0 rings (SSSR count). The van der Waals surface area contributed by atoms with E-state index in [4.69, 9.17) is 10.8 Å². The highest BCUT2D eigenvalue weighted by molar-refractivity contribution is 5.88. The van der Waals surface area contributed by atoms with Gasteiger partial charge in [-0.2, -0.15) is 0 Å². The maximum Gasteiger partial charge on any atom is 0.241 e. The molecule has 0 saturated carbocycles. The van der Waals surface area contributed by atoms with Crippen LogP contribution in [0.4, 0.5) is 0 Å². The van der Waals surface area contributed by atoms with Crippen LogP contribution in [0.1, 0.15) is 20.8 Å². The van der Waals surface area contributed by atoms with E-state index in [1.54, 1.807) is 32.7 Å². The summed E-state index contributed by atoms with van der Waals surface area (Å²) in [6, 6.07) is -0.738. The van der Waals surface area contributed by atoms with Crippen LogP contribution in [-0.2, 0) is 9.59 Å². The first-order valence-electron chi connectivity index (χ1n) is 5.58. The van der Waals surface area contributed by atoms with Crippen LogP contribution in [0.2, 0.25) is 0 Å². The lowest BCUT2D eigenvalue weighted by Crippen LogP contribution is -2.53. The topological polar surface area (TPSA) is 95.7 Å².